The third kappa shape index (κ3) is 2.05. The fourth-order valence-electron chi connectivity index (χ4n) is 1.98. The van der Waals surface area contributed by atoms with Crippen molar-refractivity contribution in [2.45, 2.75) is 18.9 Å². The third-order valence-corrected chi connectivity index (χ3v) is 3.38. The van der Waals surface area contributed by atoms with Gasteiger partial charge >= 0.3 is 5.97 Å². The fraction of sp³-hybridized carbons (Fsp3) is 0.600. The van der Waals surface area contributed by atoms with E-state index in [2.05, 4.69) is 17.0 Å². The second-order valence-electron chi connectivity index (χ2n) is 4.13. The van der Waals surface area contributed by atoms with E-state index in [0.29, 0.717) is 0 Å². The molecular formula is C10H14ClN3O2. The highest BCUT2D eigenvalue weighted by Crippen LogP contribution is 2.26. The summed E-state index contributed by atoms with van der Waals surface area (Å²) in [6, 6.07) is 0.219. The van der Waals surface area contributed by atoms with E-state index in [1.165, 1.54) is 6.20 Å². The van der Waals surface area contributed by atoms with E-state index in [1.807, 2.05) is 0 Å². The molecule has 16 heavy (non-hydrogen) atoms. The average Bonchev–Trinajstić information content (AvgIpc) is 2.61. The topological polar surface area (TPSA) is 58.4 Å². The van der Waals surface area contributed by atoms with Crippen molar-refractivity contribution >= 4 is 17.6 Å². The van der Waals surface area contributed by atoms with Crippen LogP contribution in [0.1, 0.15) is 29.2 Å². The van der Waals surface area contributed by atoms with Crippen LogP contribution in [0.4, 0.5) is 0 Å². The molecule has 6 heteroatoms. The molecule has 0 bridgehead atoms. The molecule has 0 unspecified atom stereocenters. The fourth-order valence-corrected chi connectivity index (χ4v) is 2.30. The average molecular weight is 244 g/mol. The van der Waals surface area contributed by atoms with Crippen LogP contribution in [0.5, 0.6) is 0 Å². The number of rotatable bonds is 2. The van der Waals surface area contributed by atoms with Gasteiger partial charge in [-0.15, -0.1) is 0 Å². The van der Waals surface area contributed by atoms with E-state index < -0.39 is 5.97 Å². The minimum Gasteiger partial charge on any atom is -0.478 e. The lowest BCUT2D eigenvalue weighted by Crippen LogP contribution is -2.31. The molecule has 1 aromatic heterocycles. The lowest BCUT2D eigenvalue weighted by atomic mass is 10.1. The molecule has 1 saturated heterocycles. The summed E-state index contributed by atoms with van der Waals surface area (Å²) in [4.78, 5) is 13.1. The van der Waals surface area contributed by atoms with Crippen LogP contribution in [0.25, 0.3) is 0 Å². The van der Waals surface area contributed by atoms with Gasteiger partial charge < -0.3 is 10.0 Å². The molecule has 1 aliphatic heterocycles. The van der Waals surface area contributed by atoms with Gasteiger partial charge in [-0.05, 0) is 33.0 Å². The van der Waals surface area contributed by atoms with E-state index in [-0.39, 0.29) is 16.8 Å². The number of nitrogens with zero attached hydrogens (tertiary/aromatic N) is 3. The van der Waals surface area contributed by atoms with Crippen LogP contribution in [0, 0.1) is 0 Å². The first-order valence-electron chi connectivity index (χ1n) is 5.24. The minimum absolute atomic E-state index is 0.0839. The van der Waals surface area contributed by atoms with Crippen molar-refractivity contribution < 1.29 is 9.90 Å². The monoisotopic (exact) mass is 243 g/mol. The summed E-state index contributed by atoms with van der Waals surface area (Å²) in [5, 5.41) is 13.2. The summed E-state index contributed by atoms with van der Waals surface area (Å²) in [6.45, 7) is 1.98. The minimum atomic E-state index is -1.02. The third-order valence-electron chi connectivity index (χ3n) is 3.00. The lowest BCUT2D eigenvalue weighted by molar-refractivity contribution is 0.0697. The molecule has 0 spiro atoms. The number of carboxylic acids is 1. The number of aromatic carboxylic acids is 1. The van der Waals surface area contributed by atoms with Gasteiger partial charge in [-0.3, -0.25) is 0 Å². The summed E-state index contributed by atoms with van der Waals surface area (Å²) in [5.74, 6) is -1.02. The first-order chi connectivity index (χ1) is 7.59. The Morgan fingerprint density at radius 1 is 1.56 bits per heavy atom. The van der Waals surface area contributed by atoms with Crippen LogP contribution in [-0.4, -0.2) is 45.9 Å². The highest BCUT2D eigenvalue weighted by molar-refractivity contribution is 6.32. The molecule has 0 amide bonds. The van der Waals surface area contributed by atoms with Gasteiger partial charge in [0.2, 0.25) is 0 Å². The van der Waals surface area contributed by atoms with Gasteiger partial charge in [0.1, 0.15) is 10.7 Å². The molecule has 0 atom stereocenters. The Hall–Kier alpha value is -1.07. The van der Waals surface area contributed by atoms with Crippen LogP contribution in [0.15, 0.2) is 6.20 Å². The standard InChI is InChI=1S/C10H14ClN3O2/c1-13-4-2-7(3-5-13)14-9(11)8(6-12-14)10(15)16/h6-7H,2-5H2,1H3,(H,15,16). The summed E-state index contributed by atoms with van der Waals surface area (Å²) in [5.41, 5.74) is 0.0839. The zero-order valence-electron chi connectivity index (χ0n) is 9.06. The predicted octanol–water partition coefficient (Wildman–Crippen LogP) is 1.50. The van der Waals surface area contributed by atoms with Crippen LogP contribution >= 0.6 is 11.6 Å². The number of carbonyl (C=O) groups is 1. The van der Waals surface area contributed by atoms with E-state index in [0.717, 1.165) is 25.9 Å². The molecule has 2 rings (SSSR count). The van der Waals surface area contributed by atoms with Gasteiger partial charge in [0.15, 0.2) is 0 Å². The SMILES string of the molecule is CN1CCC(n2ncc(C(=O)O)c2Cl)CC1. The second kappa shape index (κ2) is 4.43. The number of hydrogen-bond acceptors (Lipinski definition) is 3. The Bertz CT molecular complexity index is 397. The maximum atomic E-state index is 10.8. The summed E-state index contributed by atoms with van der Waals surface area (Å²) in [7, 11) is 2.07. The second-order valence-corrected chi connectivity index (χ2v) is 4.49. The largest absolute Gasteiger partial charge is 0.478 e. The molecular weight excluding hydrogens is 230 g/mol. The zero-order chi connectivity index (χ0) is 11.7. The molecule has 88 valence electrons. The van der Waals surface area contributed by atoms with Crippen LogP contribution in [0.3, 0.4) is 0 Å². The van der Waals surface area contributed by atoms with Gasteiger partial charge in [0.05, 0.1) is 12.2 Å². The Morgan fingerprint density at radius 3 is 2.69 bits per heavy atom. The number of hydrogen-bond donors (Lipinski definition) is 1. The number of halogens is 1. The molecule has 1 aliphatic rings. The van der Waals surface area contributed by atoms with Crippen molar-refractivity contribution in [2.75, 3.05) is 20.1 Å². The molecule has 0 radical (unpaired) electrons. The number of carboxylic acid groups (broad SMARTS) is 1. The first kappa shape index (κ1) is 11.4. The highest BCUT2D eigenvalue weighted by Gasteiger charge is 2.23. The zero-order valence-corrected chi connectivity index (χ0v) is 9.81. The molecule has 2 heterocycles. The number of likely N-dealkylation sites (tertiary alicyclic amines) is 1. The van der Waals surface area contributed by atoms with Crippen molar-refractivity contribution in [3.63, 3.8) is 0 Å². The number of piperidine rings is 1. The van der Waals surface area contributed by atoms with Gasteiger partial charge in [0, 0.05) is 0 Å². The van der Waals surface area contributed by atoms with Gasteiger partial charge in [-0.25, -0.2) is 9.48 Å². The van der Waals surface area contributed by atoms with Crippen molar-refractivity contribution in [1.82, 2.24) is 14.7 Å². The predicted molar refractivity (Wildman–Crippen MR) is 60.0 cm³/mol. The lowest BCUT2D eigenvalue weighted by Gasteiger charge is -2.29. The summed E-state index contributed by atoms with van der Waals surface area (Å²) >= 11 is 6.00. The summed E-state index contributed by atoms with van der Waals surface area (Å²) in [6.07, 6.45) is 3.23. The van der Waals surface area contributed by atoms with E-state index in [1.54, 1.807) is 4.68 Å². The van der Waals surface area contributed by atoms with E-state index in [9.17, 15) is 4.79 Å². The Labute approximate surface area is 98.6 Å². The molecule has 1 aromatic rings. The van der Waals surface area contributed by atoms with Gasteiger partial charge in [0.25, 0.3) is 0 Å². The molecule has 5 nitrogen and oxygen atoms in total. The molecule has 1 fully saturated rings. The summed E-state index contributed by atoms with van der Waals surface area (Å²) < 4.78 is 1.64. The van der Waals surface area contributed by atoms with Crippen molar-refractivity contribution in [2.24, 2.45) is 0 Å². The van der Waals surface area contributed by atoms with Crippen LogP contribution < -0.4 is 0 Å². The highest BCUT2D eigenvalue weighted by atomic mass is 35.5. The maximum Gasteiger partial charge on any atom is 0.340 e. The number of aromatic nitrogens is 2. The van der Waals surface area contributed by atoms with Crippen molar-refractivity contribution in [1.29, 1.82) is 0 Å². The molecule has 0 aliphatic carbocycles. The maximum absolute atomic E-state index is 10.8. The smallest absolute Gasteiger partial charge is 0.340 e. The van der Waals surface area contributed by atoms with Gasteiger partial charge in [-0.1, -0.05) is 11.6 Å². The van der Waals surface area contributed by atoms with Crippen LogP contribution in [0.2, 0.25) is 5.15 Å². The normalized spacial score (nSPS) is 18.9. The Kier molecular flexibility index (Phi) is 3.16. The van der Waals surface area contributed by atoms with Gasteiger partial charge in [-0.2, -0.15) is 5.10 Å². The van der Waals surface area contributed by atoms with E-state index >= 15 is 0 Å². The van der Waals surface area contributed by atoms with E-state index in [4.69, 9.17) is 16.7 Å². The Morgan fingerprint density at radius 2 is 2.19 bits per heavy atom. The van der Waals surface area contributed by atoms with Crippen molar-refractivity contribution in [3.05, 3.63) is 16.9 Å². The first-order valence-corrected chi connectivity index (χ1v) is 5.62. The molecule has 0 aromatic carbocycles. The quantitative estimate of drug-likeness (QED) is 0.855. The molecule has 0 saturated carbocycles. The Balaban J connectivity index is 2.18. The van der Waals surface area contributed by atoms with Crippen LogP contribution in [-0.2, 0) is 0 Å². The van der Waals surface area contributed by atoms with Crippen molar-refractivity contribution in [3.8, 4) is 0 Å². The molecule has 1 N–H and O–H groups in total.